The summed E-state index contributed by atoms with van der Waals surface area (Å²) in [5, 5.41) is 3.54. The summed E-state index contributed by atoms with van der Waals surface area (Å²) in [7, 11) is 1.69. The van der Waals surface area contributed by atoms with Crippen LogP contribution in [0.2, 0.25) is 0 Å². The van der Waals surface area contributed by atoms with Crippen molar-refractivity contribution in [2.75, 3.05) is 7.11 Å². The fourth-order valence-corrected chi connectivity index (χ4v) is 1.32. The molecule has 0 spiro atoms. The van der Waals surface area contributed by atoms with Gasteiger partial charge >= 0.3 is 0 Å². The molecule has 0 bridgehead atoms. The third-order valence-electron chi connectivity index (χ3n) is 3.07. The van der Waals surface area contributed by atoms with Crippen LogP contribution in [-0.4, -0.2) is 13.2 Å². The van der Waals surface area contributed by atoms with Gasteiger partial charge in [-0.25, -0.2) is 0 Å². The van der Waals surface area contributed by atoms with E-state index in [1.54, 1.807) is 7.11 Å². The van der Waals surface area contributed by atoms with Gasteiger partial charge in [0, 0.05) is 12.6 Å². The van der Waals surface area contributed by atoms with Crippen molar-refractivity contribution in [2.45, 2.75) is 40.3 Å². The van der Waals surface area contributed by atoms with E-state index in [0.29, 0.717) is 11.5 Å². The zero-order valence-electron chi connectivity index (χ0n) is 11.0. The lowest BCUT2D eigenvalue weighted by Gasteiger charge is -2.28. The third kappa shape index (κ3) is 3.86. The lowest BCUT2D eigenvalue weighted by Crippen LogP contribution is -2.37. The Balaban J connectivity index is 2.48. The topological polar surface area (TPSA) is 21.3 Å². The van der Waals surface area contributed by atoms with Crippen molar-refractivity contribution in [1.29, 1.82) is 0 Å². The molecule has 0 fully saturated rings. The van der Waals surface area contributed by atoms with E-state index >= 15 is 0 Å². The lowest BCUT2D eigenvalue weighted by atomic mass is 9.88. The van der Waals surface area contributed by atoms with Gasteiger partial charge in [0.05, 0.1) is 7.11 Å². The van der Waals surface area contributed by atoms with Crippen LogP contribution in [0.15, 0.2) is 24.3 Å². The second kappa shape index (κ2) is 5.35. The SMILES string of the molecule is COc1ccc(CNC(C)C(C)(C)C)cc1. The molecule has 0 heterocycles. The fraction of sp³-hybridized carbons (Fsp3) is 0.571. The number of benzene rings is 1. The molecular formula is C14H23NO. The first kappa shape index (κ1) is 13.0. The van der Waals surface area contributed by atoms with Crippen LogP contribution in [0.4, 0.5) is 0 Å². The maximum absolute atomic E-state index is 5.13. The molecule has 0 aromatic heterocycles. The molecule has 0 aliphatic heterocycles. The van der Waals surface area contributed by atoms with Gasteiger partial charge in [-0.3, -0.25) is 0 Å². The molecule has 0 saturated carbocycles. The van der Waals surface area contributed by atoms with Gasteiger partial charge in [-0.2, -0.15) is 0 Å². The molecule has 0 aliphatic rings. The van der Waals surface area contributed by atoms with Crippen LogP contribution in [0.1, 0.15) is 33.3 Å². The Kier molecular flexibility index (Phi) is 4.36. The van der Waals surface area contributed by atoms with Crippen LogP contribution in [0.25, 0.3) is 0 Å². The Bertz CT molecular complexity index is 311. The van der Waals surface area contributed by atoms with Crippen molar-refractivity contribution in [3.8, 4) is 5.75 Å². The standard InChI is InChI=1S/C14H23NO/c1-11(14(2,3)4)15-10-12-6-8-13(16-5)9-7-12/h6-9,11,15H,10H2,1-5H3. The van der Waals surface area contributed by atoms with Crippen molar-refractivity contribution in [2.24, 2.45) is 5.41 Å². The number of methoxy groups -OCH3 is 1. The van der Waals surface area contributed by atoms with E-state index in [9.17, 15) is 0 Å². The average Bonchev–Trinajstić information content (AvgIpc) is 2.25. The van der Waals surface area contributed by atoms with E-state index < -0.39 is 0 Å². The summed E-state index contributed by atoms with van der Waals surface area (Å²) in [6.07, 6.45) is 0. The molecule has 1 atom stereocenters. The van der Waals surface area contributed by atoms with E-state index in [1.165, 1.54) is 5.56 Å². The molecule has 2 heteroatoms. The normalized spacial score (nSPS) is 13.6. The minimum absolute atomic E-state index is 0.298. The van der Waals surface area contributed by atoms with Gasteiger partial charge in [0.1, 0.15) is 5.75 Å². The first-order valence-corrected chi connectivity index (χ1v) is 5.80. The van der Waals surface area contributed by atoms with Crippen molar-refractivity contribution in [1.82, 2.24) is 5.32 Å². The highest BCUT2D eigenvalue weighted by Gasteiger charge is 2.18. The van der Waals surface area contributed by atoms with Crippen LogP contribution in [0, 0.1) is 5.41 Å². The summed E-state index contributed by atoms with van der Waals surface area (Å²) in [4.78, 5) is 0. The molecule has 0 radical (unpaired) electrons. The van der Waals surface area contributed by atoms with E-state index in [4.69, 9.17) is 4.74 Å². The summed E-state index contributed by atoms with van der Waals surface area (Å²) in [5.41, 5.74) is 1.59. The van der Waals surface area contributed by atoms with Crippen molar-refractivity contribution >= 4 is 0 Å². The maximum Gasteiger partial charge on any atom is 0.118 e. The molecule has 0 aliphatic carbocycles. The van der Waals surface area contributed by atoms with Gasteiger partial charge < -0.3 is 10.1 Å². The predicted octanol–water partition coefficient (Wildman–Crippen LogP) is 3.22. The van der Waals surface area contributed by atoms with E-state index in [0.717, 1.165) is 12.3 Å². The van der Waals surface area contributed by atoms with Crippen LogP contribution in [-0.2, 0) is 6.54 Å². The maximum atomic E-state index is 5.13. The minimum atomic E-state index is 0.298. The second-order valence-corrected chi connectivity index (χ2v) is 5.32. The predicted molar refractivity (Wildman–Crippen MR) is 68.8 cm³/mol. The molecule has 90 valence electrons. The number of rotatable bonds is 4. The Morgan fingerprint density at radius 3 is 2.19 bits per heavy atom. The number of nitrogens with one attached hydrogen (secondary N) is 1. The molecule has 1 rings (SSSR count). The van der Waals surface area contributed by atoms with Crippen LogP contribution >= 0.6 is 0 Å². The molecular weight excluding hydrogens is 198 g/mol. The molecule has 2 nitrogen and oxygen atoms in total. The fourth-order valence-electron chi connectivity index (χ4n) is 1.32. The Hall–Kier alpha value is -1.02. The molecule has 16 heavy (non-hydrogen) atoms. The third-order valence-corrected chi connectivity index (χ3v) is 3.07. The zero-order valence-corrected chi connectivity index (χ0v) is 11.0. The highest BCUT2D eigenvalue weighted by Crippen LogP contribution is 2.19. The van der Waals surface area contributed by atoms with Crippen LogP contribution in [0.5, 0.6) is 5.75 Å². The summed E-state index contributed by atoms with van der Waals surface area (Å²) in [5.74, 6) is 0.910. The summed E-state index contributed by atoms with van der Waals surface area (Å²) in [6, 6.07) is 8.69. The summed E-state index contributed by atoms with van der Waals surface area (Å²) < 4.78 is 5.13. The average molecular weight is 221 g/mol. The quantitative estimate of drug-likeness (QED) is 0.843. The van der Waals surface area contributed by atoms with Gasteiger partial charge in [-0.1, -0.05) is 32.9 Å². The first-order chi connectivity index (χ1) is 7.43. The Morgan fingerprint density at radius 1 is 1.19 bits per heavy atom. The van der Waals surface area contributed by atoms with Crippen molar-refractivity contribution < 1.29 is 4.74 Å². The highest BCUT2D eigenvalue weighted by molar-refractivity contribution is 5.27. The van der Waals surface area contributed by atoms with Crippen molar-refractivity contribution in [3.63, 3.8) is 0 Å². The number of hydrogen-bond acceptors (Lipinski definition) is 2. The molecule has 0 saturated heterocycles. The van der Waals surface area contributed by atoms with Gasteiger partial charge in [-0.15, -0.1) is 0 Å². The largest absolute Gasteiger partial charge is 0.497 e. The van der Waals surface area contributed by atoms with E-state index in [2.05, 4.69) is 45.1 Å². The van der Waals surface area contributed by atoms with E-state index in [1.807, 2.05) is 12.1 Å². The molecule has 0 amide bonds. The lowest BCUT2D eigenvalue weighted by molar-refractivity contribution is 0.285. The Morgan fingerprint density at radius 2 is 1.75 bits per heavy atom. The summed E-state index contributed by atoms with van der Waals surface area (Å²) >= 11 is 0. The minimum Gasteiger partial charge on any atom is -0.497 e. The molecule has 1 N–H and O–H groups in total. The first-order valence-electron chi connectivity index (χ1n) is 5.80. The Labute approximate surface area is 99.0 Å². The van der Waals surface area contributed by atoms with Gasteiger partial charge in [0.25, 0.3) is 0 Å². The monoisotopic (exact) mass is 221 g/mol. The molecule has 1 unspecified atom stereocenters. The molecule has 1 aromatic rings. The number of ether oxygens (including phenoxy) is 1. The van der Waals surface area contributed by atoms with Gasteiger partial charge in [-0.05, 0) is 30.0 Å². The highest BCUT2D eigenvalue weighted by atomic mass is 16.5. The van der Waals surface area contributed by atoms with Crippen molar-refractivity contribution in [3.05, 3.63) is 29.8 Å². The van der Waals surface area contributed by atoms with E-state index in [-0.39, 0.29) is 0 Å². The van der Waals surface area contributed by atoms with Gasteiger partial charge in [0.15, 0.2) is 0 Å². The zero-order chi connectivity index (χ0) is 12.2. The smallest absolute Gasteiger partial charge is 0.118 e. The van der Waals surface area contributed by atoms with Gasteiger partial charge in [0.2, 0.25) is 0 Å². The second-order valence-electron chi connectivity index (χ2n) is 5.32. The molecule has 1 aromatic carbocycles. The number of hydrogen-bond donors (Lipinski definition) is 1. The van der Waals surface area contributed by atoms with Crippen LogP contribution in [0.3, 0.4) is 0 Å². The summed E-state index contributed by atoms with van der Waals surface area (Å²) in [6.45, 7) is 9.88. The van der Waals surface area contributed by atoms with Crippen LogP contribution < -0.4 is 10.1 Å².